The third kappa shape index (κ3) is 2.97. The number of carbonyl (C=O) groups is 1. The number of amides is 1. The van der Waals surface area contributed by atoms with Crippen LogP contribution in [0.2, 0.25) is 5.02 Å². The van der Waals surface area contributed by atoms with Gasteiger partial charge < -0.3 is 14.8 Å². The van der Waals surface area contributed by atoms with E-state index in [0.717, 1.165) is 0 Å². The second-order valence-electron chi connectivity index (χ2n) is 5.67. The Hall–Kier alpha value is -3.06. The summed E-state index contributed by atoms with van der Waals surface area (Å²) in [5, 5.41) is 7.43. The van der Waals surface area contributed by atoms with E-state index in [2.05, 4.69) is 15.4 Å². The third-order valence-corrected chi connectivity index (χ3v) is 4.31. The van der Waals surface area contributed by atoms with Crippen LogP contribution >= 0.6 is 11.6 Å². The molecule has 8 heteroatoms. The molecule has 1 aliphatic heterocycles. The second-order valence-corrected chi connectivity index (χ2v) is 6.08. The summed E-state index contributed by atoms with van der Waals surface area (Å²) in [6.45, 7) is 2.74. The van der Waals surface area contributed by atoms with Crippen molar-refractivity contribution >= 4 is 23.2 Å². The molecule has 2 aromatic heterocycles. The zero-order valence-electron chi connectivity index (χ0n) is 13.9. The highest BCUT2D eigenvalue weighted by molar-refractivity contribution is 6.34. The molecule has 0 bridgehead atoms. The predicted octanol–water partition coefficient (Wildman–Crippen LogP) is 3.25. The Bertz CT molecular complexity index is 972. The average Bonchev–Trinajstić information content (AvgIpc) is 3.04. The maximum absolute atomic E-state index is 12.7. The standard InChI is InChI=1S/C18H15ClN4O3/c1-11-12(10-21-23(11)17-4-2-3-5-20-17)18(24)22-14-9-16-15(8-13(14)19)25-6-7-26-16/h2-5,8-10H,6-7H2,1H3,(H,22,24). The molecule has 0 fully saturated rings. The van der Waals surface area contributed by atoms with Crippen molar-refractivity contribution in [2.45, 2.75) is 6.92 Å². The fraction of sp³-hybridized carbons (Fsp3) is 0.167. The molecule has 1 aromatic carbocycles. The average molecular weight is 371 g/mol. The zero-order chi connectivity index (χ0) is 18.1. The van der Waals surface area contributed by atoms with E-state index in [4.69, 9.17) is 21.1 Å². The molecule has 0 aliphatic carbocycles. The monoisotopic (exact) mass is 370 g/mol. The van der Waals surface area contributed by atoms with Gasteiger partial charge in [-0.2, -0.15) is 5.10 Å². The number of nitrogens with zero attached hydrogens (tertiary/aromatic N) is 3. The lowest BCUT2D eigenvalue weighted by molar-refractivity contribution is 0.102. The first-order chi connectivity index (χ1) is 12.6. The molecule has 1 amide bonds. The minimum Gasteiger partial charge on any atom is -0.486 e. The highest BCUT2D eigenvalue weighted by Gasteiger charge is 2.19. The molecule has 4 rings (SSSR count). The molecule has 1 aliphatic rings. The summed E-state index contributed by atoms with van der Waals surface area (Å²) >= 11 is 6.25. The van der Waals surface area contributed by atoms with Gasteiger partial charge in [0, 0.05) is 18.3 Å². The molecule has 0 unspecified atom stereocenters. The van der Waals surface area contributed by atoms with E-state index in [-0.39, 0.29) is 5.91 Å². The lowest BCUT2D eigenvalue weighted by Gasteiger charge is -2.20. The quantitative estimate of drug-likeness (QED) is 0.765. The second kappa shape index (κ2) is 6.68. The van der Waals surface area contributed by atoms with Gasteiger partial charge in [-0.15, -0.1) is 0 Å². The molecular weight excluding hydrogens is 356 g/mol. The number of benzene rings is 1. The van der Waals surface area contributed by atoms with Crippen molar-refractivity contribution in [2.24, 2.45) is 0 Å². The number of hydrogen-bond donors (Lipinski definition) is 1. The largest absolute Gasteiger partial charge is 0.486 e. The van der Waals surface area contributed by atoms with Crippen LogP contribution in [-0.2, 0) is 0 Å². The fourth-order valence-electron chi connectivity index (χ4n) is 2.69. The molecule has 26 heavy (non-hydrogen) atoms. The normalized spacial score (nSPS) is 12.7. The van der Waals surface area contributed by atoms with Crippen LogP contribution in [0.25, 0.3) is 5.82 Å². The summed E-state index contributed by atoms with van der Waals surface area (Å²) < 4.78 is 12.6. The van der Waals surface area contributed by atoms with Crippen LogP contribution < -0.4 is 14.8 Å². The number of anilines is 1. The Morgan fingerprint density at radius 3 is 2.73 bits per heavy atom. The summed E-state index contributed by atoms with van der Waals surface area (Å²) in [5.74, 6) is 1.44. The molecule has 0 spiro atoms. The van der Waals surface area contributed by atoms with Crippen molar-refractivity contribution in [1.29, 1.82) is 0 Å². The number of fused-ring (bicyclic) bond motifs is 1. The fourth-order valence-corrected chi connectivity index (χ4v) is 2.89. The summed E-state index contributed by atoms with van der Waals surface area (Å²) in [6, 6.07) is 8.79. The number of pyridine rings is 1. The van der Waals surface area contributed by atoms with E-state index >= 15 is 0 Å². The molecule has 0 radical (unpaired) electrons. The van der Waals surface area contributed by atoms with E-state index in [1.165, 1.54) is 6.20 Å². The molecule has 0 saturated carbocycles. The van der Waals surface area contributed by atoms with Gasteiger partial charge in [-0.05, 0) is 19.1 Å². The first-order valence-corrected chi connectivity index (χ1v) is 8.38. The van der Waals surface area contributed by atoms with Gasteiger partial charge in [-0.3, -0.25) is 4.79 Å². The number of carbonyl (C=O) groups excluding carboxylic acids is 1. The number of nitrogens with one attached hydrogen (secondary N) is 1. The van der Waals surface area contributed by atoms with Crippen LogP contribution in [0, 0.1) is 6.92 Å². The number of rotatable bonds is 3. The van der Waals surface area contributed by atoms with Crippen molar-refractivity contribution in [1.82, 2.24) is 14.8 Å². The van der Waals surface area contributed by atoms with Crippen LogP contribution in [0.4, 0.5) is 5.69 Å². The Morgan fingerprint density at radius 1 is 1.23 bits per heavy atom. The van der Waals surface area contributed by atoms with Crippen LogP contribution in [0.1, 0.15) is 16.1 Å². The van der Waals surface area contributed by atoms with E-state index in [9.17, 15) is 4.79 Å². The zero-order valence-corrected chi connectivity index (χ0v) is 14.7. The van der Waals surface area contributed by atoms with E-state index < -0.39 is 0 Å². The predicted molar refractivity (Wildman–Crippen MR) is 96.5 cm³/mol. The van der Waals surface area contributed by atoms with E-state index in [1.54, 1.807) is 23.0 Å². The van der Waals surface area contributed by atoms with Gasteiger partial charge >= 0.3 is 0 Å². The van der Waals surface area contributed by atoms with Crippen LogP contribution in [0.5, 0.6) is 11.5 Å². The molecule has 3 aromatic rings. The minimum absolute atomic E-state index is 0.316. The Labute approximate surface area is 154 Å². The molecule has 0 saturated heterocycles. The molecule has 1 N–H and O–H groups in total. The maximum atomic E-state index is 12.7. The highest BCUT2D eigenvalue weighted by Crippen LogP contribution is 2.38. The first-order valence-electron chi connectivity index (χ1n) is 8.00. The van der Waals surface area contributed by atoms with Crippen LogP contribution in [0.3, 0.4) is 0 Å². The van der Waals surface area contributed by atoms with Crippen molar-refractivity contribution < 1.29 is 14.3 Å². The Kier molecular flexibility index (Phi) is 4.22. The lowest BCUT2D eigenvalue weighted by atomic mass is 10.2. The molecule has 7 nitrogen and oxygen atoms in total. The minimum atomic E-state index is -0.316. The summed E-state index contributed by atoms with van der Waals surface area (Å²) in [7, 11) is 0. The summed E-state index contributed by atoms with van der Waals surface area (Å²) in [6.07, 6.45) is 3.18. The SMILES string of the molecule is Cc1c(C(=O)Nc2cc3c(cc2Cl)OCCO3)cnn1-c1ccccn1. The smallest absolute Gasteiger partial charge is 0.259 e. The number of halogens is 1. The van der Waals surface area contributed by atoms with E-state index in [0.29, 0.717) is 52.5 Å². The van der Waals surface area contributed by atoms with Gasteiger partial charge in [-0.1, -0.05) is 17.7 Å². The van der Waals surface area contributed by atoms with Crippen LogP contribution in [0.15, 0.2) is 42.7 Å². The Balaban J connectivity index is 1.61. The maximum Gasteiger partial charge on any atom is 0.259 e. The van der Waals surface area contributed by atoms with Gasteiger partial charge in [0.15, 0.2) is 17.3 Å². The first kappa shape index (κ1) is 16.4. The summed E-state index contributed by atoms with van der Waals surface area (Å²) in [4.78, 5) is 16.9. The number of hydrogen-bond acceptors (Lipinski definition) is 5. The van der Waals surface area contributed by atoms with Gasteiger partial charge in [0.2, 0.25) is 0 Å². The third-order valence-electron chi connectivity index (χ3n) is 4.00. The summed E-state index contributed by atoms with van der Waals surface area (Å²) in [5.41, 5.74) is 1.56. The molecule has 0 atom stereocenters. The van der Waals surface area contributed by atoms with Crippen molar-refractivity contribution in [3.63, 3.8) is 0 Å². The lowest BCUT2D eigenvalue weighted by Crippen LogP contribution is -2.17. The van der Waals surface area contributed by atoms with Crippen molar-refractivity contribution in [2.75, 3.05) is 18.5 Å². The molecule has 132 valence electrons. The highest BCUT2D eigenvalue weighted by atomic mass is 35.5. The number of ether oxygens (including phenoxy) is 2. The molecular formula is C18H15ClN4O3. The van der Waals surface area contributed by atoms with Crippen molar-refractivity contribution in [3.8, 4) is 17.3 Å². The van der Waals surface area contributed by atoms with E-state index in [1.807, 2.05) is 25.1 Å². The van der Waals surface area contributed by atoms with Gasteiger partial charge in [0.05, 0.1) is 28.2 Å². The Morgan fingerprint density at radius 2 is 2.00 bits per heavy atom. The number of aromatic nitrogens is 3. The van der Waals surface area contributed by atoms with Gasteiger partial charge in [0.25, 0.3) is 5.91 Å². The van der Waals surface area contributed by atoms with Gasteiger partial charge in [-0.25, -0.2) is 9.67 Å². The topological polar surface area (TPSA) is 78.3 Å². The van der Waals surface area contributed by atoms with Gasteiger partial charge in [0.1, 0.15) is 13.2 Å². The van der Waals surface area contributed by atoms with Crippen molar-refractivity contribution in [3.05, 3.63) is 59.0 Å². The molecule has 3 heterocycles. The van der Waals surface area contributed by atoms with Crippen LogP contribution in [-0.4, -0.2) is 33.9 Å².